The maximum atomic E-state index is 12.8. The first-order chi connectivity index (χ1) is 12.1. The van der Waals surface area contributed by atoms with E-state index in [1.807, 2.05) is 42.5 Å². The Labute approximate surface area is 144 Å². The number of fused-ring (bicyclic) bond motifs is 1. The monoisotopic (exact) mass is 335 g/mol. The molecule has 1 unspecified atom stereocenters. The van der Waals surface area contributed by atoms with Gasteiger partial charge in [0.1, 0.15) is 0 Å². The lowest BCUT2D eigenvalue weighted by Gasteiger charge is -2.18. The first-order valence-electron chi connectivity index (χ1n) is 7.80. The molecule has 0 saturated carbocycles. The fraction of sp³-hybridized carbons (Fsp3) is 0.105. The Kier molecular flexibility index (Phi) is 4.89. The number of pyridine rings is 1. The Morgan fingerprint density at radius 2 is 1.84 bits per heavy atom. The van der Waals surface area contributed by atoms with Crippen LogP contribution in [0.4, 0.5) is 10.5 Å². The second kappa shape index (κ2) is 7.44. The minimum Gasteiger partial charge on any atom is -0.465 e. The normalized spacial score (nSPS) is 11.7. The molecule has 0 aliphatic rings. The lowest BCUT2D eigenvalue weighted by Crippen LogP contribution is -2.33. The number of carboxylic acid groups (broad SMARTS) is 1. The molecule has 1 aromatic heterocycles. The fourth-order valence-corrected chi connectivity index (χ4v) is 2.69. The summed E-state index contributed by atoms with van der Waals surface area (Å²) in [5.41, 5.74) is 1.41. The van der Waals surface area contributed by atoms with Gasteiger partial charge < -0.3 is 15.7 Å². The van der Waals surface area contributed by atoms with E-state index in [1.165, 1.54) is 0 Å². The summed E-state index contributed by atoms with van der Waals surface area (Å²) in [5, 5.41) is 15.9. The predicted molar refractivity (Wildman–Crippen MR) is 95.6 cm³/mol. The zero-order chi connectivity index (χ0) is 17.6. The Bertz CT molecular complexity index is 891. The Morgan fingerprint density at radius 3 is 2.60 bits per heavy atom. The number of hydrogen-bond donors (Lipinski definition) is 3. The van der Waals surface area contributed by atoms with Crippen LogP contribution in [0.25, 0.3) is 10.8 Å². The zero-order valence-corrected chi connectivity index (χ0v) is 13.3. The highest BCUT2D eigenvalue weighted by molar-refractivity contribution is 6.04. The highest BCUT2D eigenvalue weighted by atomic mass is 16.4. The average molecular weight is 335 g/mol. The number of hydrogen-bond acceptors (Lipinski definition) is 3. The zero-order valence-electron chi connectivity index (χ0n) is 13.3. The molecule has 0 fully saturated rings. The molecule has 0 radical (unpaired) electrons. The number of rotatable bonds is 5. The van der Waals surface area contributed by atoms with E-state index in [1.54, 1.807) is 24.5 Å². The molecule has 126 valence electrons. The topological polar surface area (TPSA) is 91.3 Å². The molecule has 0 aliphatic carbocycles. The molecule has 0 aliphatic heterocycles. The van der Waals surface area contributed by atoms with Gasteiger partial charge in [0.2, 0.25) is 5.91 Å². The van der Waals surface area contributed by atoms with Gasteiger partial charge in [-0.25, -0.2) is 4.79 Å². The van der Waals surface area contributed by atoms with Crippen molar-refractivity contribution in [2.24, 2.45) is 0 Å². The molecule has 1 atom stereocenters. The number of benzene rings is 2. The van der Waals surface area contributed by atoms with Crippen LogP contribution >= 0.6 is 0 Å². The summed E-state index contributed by atoms with van der Waals surface area (Å²) in [4.78, 5) is 27.7. The number of amides is 2. The van der Waals surface area contributed by atoms with Crippen LogP contribution < -0.4 is 10.6 Å². The number of aromatic nitrogens is 1. The summed E-state index contributed by atoms with van der Waals surface area (Å²) in [6, 6.07) is 16.5. The van der Waals surface area contributed by atoms with Gasteiger partial charge in [-0.15, -0.1) is 0 Å². The van der Waals surface area contributed by atoms with Gasteiger partial charge in [0.05, 0.1) is 5.92 Å². The molecule has 3 aromatic rings. The van der Waals surface area contributed by atoms with Gasteiger partial charge in [-0.3, -0.25) is 9.78 Å². The minimum atomic E-state index is -1.16. The first kappa shape index (κ1) is 16.4. The summed E-state index contributed by atoms with van der Waals surface area (Å²) in [6.07, 6.45) is 2.23. The van der Waals surface area contributed by atoms with Crippen molar-refractivity contribution in [3.05, 3.63) is 72.6 Å². The molecule has 0 saturated heterocycles. The van der Waals surface area contributed by atoms with Gasteiger partial charge >= 0.3 is 6.09 Å². The van der Waals surface area contributed by atoms with Gasteiger partial charge in [0.25, 0.3) is 0 Å². The van der Waals surface area contributed by atoms with E-state index in [2.05, 4.69) is 15.6 Å². The maximum absolute atomic E-state index is 12.8. The van der Waals surface area contributed by atoms with Crippen LogP contribution in [0.3, 0.4) is 0 Å². The van der Waals surface area contributed by atoms with Crippen molar-refractivity contribution >= 4 is 28.5 Å². The lowest BCUT2D eigenvalue weighted by atomic mass is 9.97. The van der Waals surface area contributed by atoms with E-state index in [4.69, 9.17) is 5.11 Å². The van der Waals surface area contributed by atoms with Crippen LogP contribution in [0, 0.1) is 0 Å². The van der Waals surface area contributed by atoms with E-state index >= 15 is 0 Å². The largest absolute Gasteiger partial charge is 0.465 e. The molecule has 6 heteroatoms. The van der Waals surface area contributed by atoms with Crippen molar-refractivity contribution in [3.8, 4) is 0 Å². The number of nitrogens with one attached hydrogen (secondary N) is 2. The molecule has 1 heterocycles. The summed E-state index contributed by atoms with van der Waals surface area (Å²) in [7, 11) is 0. The third-order valence-corrected chi connectivity index (χ3v) is 3.91. The fourth-order valence-electron chi connectivity index (χ4n) is 2.69. The number of carbonyl (C=O) groups is 2. The minimum absolute atomic E-state index is 0.00248. The van der Waals surface area contributed by atoms with Crippen molar-refractivity contribution < 1.29 is 14.7 Å². The van der Waals surface area contributed by atoms with Crippen LogP contribution in [0.15, 0.2) is 67.0 Å². The van der Waals surface area contributed by atoms with Gasteiger partial charge in [-0.1, -0.05) is 42.5 Å². The van der Waals surface area contributed by atoms with Gasteiger partial charge in [0, 0.05) is 35.4 Å². The van der Waals surface area contributed by atoms with Crippen LogP contribution in [-0.4, -0.2) is 28.6 Å². The molecule has 2 aromatic carbocycles. The van der Waals surface area contributed by atoms with Gasteiger partial charge in [0.15, 0.2) is 0 Å². The van der Waals surface area contributed by atoms with Gasteiger partial charge in [-0.2, -0.15) is 0 Å². The Morgan fingerprint density at radius 1 is 1.04 bits per heavy atom. The van der Waals surface area contributed by atoms with Crippen LogP contribution in [0.2, 0.25) is 0 Å². The molecule has 6 nitrogen and oxygen atoms in total. The third kappa shape index (κ3) is 3.92. The molecule has 3 rings (SSSR count). The van der Waals surface area contributed by atoms with Crippen molar-refractivity contribution in [1.29, 1.82) is 0 Å². The Hall–Kier alpha value is -3.41. The third-order valence-electron chi connectivity index (χ3n) is 3.91. The Balaban J connectivity index is 1.88. The predicted octanol–water partition coefficient (Wildman–Crippen LogP) is 3.22. The molecule has 0 spiro atoms. The van der Waals surface area contributed by atoms with Crippen LogP contribution in [0.5, 0.6) is 0 Å². The molecule has 3 N–H and O–H groups in total. The quantitative estimate of drug-likeness (QED) is 0.667. The van der Waals surface area contributed by atoms with Crippen molar-refractivity contribution in [1.82, 2.24) is 10.3 Å². The number of anilines is 1. The lowest BCUT2D eigenvalue weighted by molar-refractivity contribution is -0.117. The van der Waals surface area contributed by atoms with E-state index in [0.29, 0.717) is 5.69 Å². The second-order valence-corrected chi connectivity index (χ2v) is 5.54. The highest BCUT2D eigenvalue weighted by Gasteiger charge is 2.22. The van der Waals surface area contributed by atoms with Crippen LogP contribution in [0.1, 0.15) is 11.5 Å². The molecule has 25 heavy (non-hydrogen) atoms. The maximum Gasteiger partial charge on any atom is 0.404 e. The SMILES string of the molecule is O=C(O)NCC(C(=O)Nc1cccc2cnccc12)c1ccccc1. The summed E-state index contributed by atoms with van der Waals surface area (Å²) in [6.45, 7) is -0.00248. The molecule has 2 amide bonds. The molecular formula is C19H17N3O3. The highest BCUT2D eigenvalue weighted by Crippen LogP contribution is 2.24. The summed E-state index contributed by atoms with van der Waals surface area (Å²) in [5.74, 6) is -0.904. The average Bonchev–Trinajstić information content (AvgIpc) is 2.63. The summed E-state index contributed by atoms with van der Waals surface area (Å²) < 4.78 is 0. The van der Waals surface area contributed by atoms with E-state index < -0.39 is 12.0 Å². The van der Waals surface area contributed by atoms with E-state index in [-0.39, 0.29) is 12.5 Å². The second-order valence-electron chi connectivity index (χ2n) is 5.54. The summed E-state index contributed by atoms with van der Waals surface area (Å²) >= 11 is 0. The van der Waals surface area contributed by atoms with Gasteiger partial charge in [-0.05, 0) is 17.7 Å². The number of nitrogens with zero attached hydrogens (tertiary/aromatic N) is 1. The van der Waals surface area contributed by atoms with E-state index in [0.717, 1.165) is 16.3 Å². The van der Waals surface area contributed by atoms with Crippen molar-refractivity contribution in [3.63, 3.8) is 0 Å². The van der Waals surface area contributed by atoms with Crippen molar-refractivity contribution in [2.75, 3.05) is 11.9 Å². The molecule has 0 bridgehead atoms. The smallest absolute Gasteiger partial charge is 0.404 e. The van der Waals surface area contributed by atoms with Crippen LogP contribution in [-0.2, 0) is 4.79 Å². The van der Waals surface area contributed by atoms with E-state index in [9.17, 15) is 9.59 Å². The first-order valence-corrected chi connectivity index (χ1v) is 7.80. The standard InChI is InChI=1S/C19H17N3O3/c23-18(16(12-21-19(24)25)13-5-2-1-3-6-13)22-17-8-4-7-14-11-20-10-9-15(14)17/h1-11,16,21H,12H2,(H,22,23)(H,24,25). The molecular weight excluding hydrogens is 318 g/mol. The number of carbonyl (C=O) groups excluding carboxylic acids is 1. The van der Waals surface area contributed by atoms with Crippen molar-refractivity contribution in [2.45, 2.75) is 5.92 Å².